The Labute approximate surface area is 127 Å². The van der Waals surface area contributed by atoms with Gasteiger partial charge in [0.2, 0.25) is 10.0 Å². The molecule has 1 N–H and O–H groups in total. The van der Waals surface area contributed by atoms with Crippen LogP contribution in [-0.4, -0.2) is 54.3 Å². The zero-order valence-electron chi connectivity index (χ0n) is 11.5. The molecule has 21 heavy (non-hydrogen) atoms. The highest BCUT2D eigenvalue weighted by molar-refractivity contribution is 7.88. The van der Waals surface area contributed by atoms with Crippen molar-refractivity contribution < 1.29 is 8.42 Å². The number of sulfonamides is 1. The third-order valence-corrected chi connectivity index (χ3v) is 5.94. The summed E-state index contributed by atoms with van der Waals surface area (Å²) in [6.07, 6.45) is 3.95. The number of piperazine rings is 1. The van der Waals surface area contributed by atoms with Gasteiger partial charge in [0.25, 0.3) is 0 Å². The second-order valence-corrected chi connectivity index (χ2v) is 8.16. The number of rotatable bonds is 2. The van der Waals surface area contributed by atoms with E-state index in [1.807, 2.05) is 12.1 Å². The van der Waals surface area contributed by atoms with Gasteiger partial charge in [0.1, 0.15) is 0 Å². The van der Waals surface area contributed by atoms with E-state index in [0.29, 0.717) is 18.1 Å². The normalized spacial score (nSPS) is 26.1. The van der Waals surface area contributed by atoms with Gasteiger partial charge in [-0.25, -0.2) is 8.42 Å². The fourth-order valence-electron chi connectivity index (χ4n) is 3.57. The molecule has 4 rings (SSSR count). The Hall–Kier alpha value is -1.31. The number of nitrogens with one attached hydrogen (secondary N) is 1. The molecule has 0 saturated carbocycles. The molecule has 2 aliphatic rings. The highest BCUT2D eigenvalue weighted by Crippen LogP contribution is 2.39. The lowest BCUT2D eigenvalue weighted by atomic mass is 10.1. The predicted molar refractivity (Wildman–Crippen MR) is 82.2 cm³/mol. The molecule has 2 aliphatic heterocycles. The fraction of sp³-hybridized carbons (Fsp3) is 0.462. The number of hydrogen-bond acceptors (Lipinski definition) is 4. The average molecular weight is 327 g/mol. The Morgan fingerprint density at radius 2 is 2.14 bits per heavy atom. The van der Waals surface area contributed by atoms with E-state index in [0.717, 1.165) is 23.0 Å². The van der Waals surface area contributed by atoms with Gasteiger partial charge in [-0.15, -0.1) is 0 Å². The number of halogens is 1. The highest BCUT2D eigenvalue weighted by atomic mass is 35.5. The van der Waals surface area contributed by atoms with Crippen molar-refractivity contribution in [1.82, 2.24) is 14.5 Å². The summed E-state index contributed by atoms with van der Waals surface area (Å²) in [5, 5.41) is 8.69. The van der Waals surface area contributed by atoms with Crippen LogP contribution in [0.25, 0.3) is 10.9 Å². The Balaban J connectivity index is 1.72. The summed E-state index contributed by atoms with van der Waals surface area (Å²) in [5.41, 5.74) is 1.94. The van der Waals surface area contributed by atoms with Crippen molar-refractivity contribution in [3.8, 4) is 0 Å². The Morgan fingerprint density at radius 1 is 1.33 bits per heavy atom. The summed E-state index contributed by atoms with van der Waals surface area (Å²) in [5.74, 6) is 0. The largest absolute Gasteiger partial charge is 0.365 e. The van der Waals surface area contributed by atoms with Gasteiger partial charge in [0.15, 0.2) is 0 Å². The Bertz CT molecular complexity index is 819. The number of aromatic nitrogens is 2. The van der Waals surface area contributed by atoms with Crippen LogP contribution in [0.5, 0.6) is 0 Å². The smallest absolute Gasteiger partial charge is 0.211 e. The first kappa shape index (κ1) is 13.4. The van der Waals surface area contributed by atoms with Crippen LogP contribution < -0.4 is 4.90 Å². The van der Waals surface area contributed by atoms with Crippen LogP contribution in [0, 0.1) is 0 Å². The van der Waals surface area contributed by atoms with Crippen molar-refractivity contribution in [3.63, 3.8) is 0 Å². The molecular formula is C13H15ClN4O2S. The van der Waals surface area contributed by atoms with E-state index >= 15 is 0 Å². The summed E-state index contributed by atoms with van der Waals surface area (Å²) in [7, 11) is -3.12. The average Bonchev–Trinajstić information content (AvgIpc) is 3.10. The molecule has 0 radical (unpaired) electrons. The van der Waals surface area contributed by atoms with Gasteiger partial charge in [0.05, 0.1) is 18.0 Å². The number of nitrogens with zero attached hydrogens (tertiary/aromatic N) is 3. The summed E-state index contributed by atoms with van der Waals surface area (Å²) < 4.78 is 25.1. The van der Waals surface area contributed by atoms with Gasteiger partial charge in [0, 0.05) is 41.3 Å². The van der Waals surface area contributed by atoms with Crippen molar-refractivity contribution in [2.24, 2.45) is 0 Å². The van der Waals surface area contributed by atoms with Crippen molar-refractivity contribution in [1.29, 1.82) is 0 Å². The number of fused-ring (bicyclic) bond motifs is 3. The predicted octanol–water partition coefficient (Wildman–Crippen LogP) is 1.44. The lowest BCUT2D eigenvalue weighted by Crippen LogP contribution is -2.48. The van der Waals surface area contributed by atoms with Gasteiger partial charge in [-0.1, -0.05) is 11.6 Å². The SMILES string of the molecule is CS(=O)(=O)N1CC2CC1CN2c1cc(Cl)cc2[nH]ncc12. The van der Waals surface area contributed by atoms with Crippen LogP contribution in [0.1, 0.15) is 6.42 Å². The molecule has 8 heteroatoms. The van der Waals surface area contributed by atoms with Crippen LogP contribution in [0.15, 0.2) is 18.3 Å². The van der Waals surface area contributed by atoms with E-state index in [4.69, 9.17) is 11.6 Å². The van der Waals surface area contributed by atoms with Gasteiger partial charge in [-0.2, -0.15) is 9.40 Å². The Morgan fingerprint density at radius 3 is 2.81 bits per heavy atom. The molecule has 6 nitrogen and oxygen atoms in total. The zero-order chi connectivity index (χ0) is 14.8. The first-order valence-corrected chi connectivity index (χ1v) is 9.02. The standard InChI is InChI=1S/C13H15ClN4O2S/c1-21(19,20)18-7-9-4-10(18)6-17(9)13-3-8(14)2-12-11(13)5-15-16-12/h2-3,5,9-10H,4,6-7H2,1H3,(H,15,16). The maximum atomic E-state index is 11.8. The van der Waals surface area contributed by atoms with E-state index in [1.165, 1.54) is 6.26 Å². The van der Waals surface area contributed by atoms with Crippen LogP contribution in [-0.2, 0) is 10.0 Å². The lowest BCUT2D eigenvalue weighted by molar-refractivity contribution is 0.372. The molecule has 2 aromatic rings. The van der Waals surface area contributed by atoms with E-state index in [2.05, 4.69) is 15.1 Å². The summed E-state index contributed by atoms with van der Waals surface area (Å²) in [6, 6.07) is 4.06. The van der Waals surface area contributed by atoms with Crippen LogP contribution >= 0.6 is 11.6 Å². The molecule has 2 atom stereocenters. The van der Waals surface area contributed by atoms with Crippen molar-refractivity contribution in [2.45, 2.75) is 18.5 Å². The van der Waals surface area contributed by atoms with Gasteiger partial charge in [-0.05, 0) is 18.6 Å². The molecule has 3 heterocycles. The molecule has 0 aliphatic carbocycles. The van der Waals surface area contributed by atoms with E-state index < -0.39 is 10.0 Å². The molecule has 0 spiro atoms. The molecule has 1 aromatic heterocycles. The molecular weight excluding hydrogens is 312 g/mol. The highest BCUT2D eigenvalue weighted by Gasteiger charge is 2.47. The second-order valence-electron chi connectivity index (χ2n) is 5.78. The van der Waals surface area contributed by atoms with Gasteiger partial charge >= 0.3 is 0 Å². The van der Waals surface area contributed by atoms with Crippen molar-refractivity contribution >= 4 is 38.2 Å². The first-order valence-electron chi connectivity index (χ1n) is 6.79. The lowest BCUT2D eigenvalue weighted by Gasteiger charge is -2.34. The zero-order valence-corrected chi connectivity index (χ0v) is 13.0. The monoisotopic (exact) mass is 326 g/mol. The van der Waals surface area contributed by atoms with Gasteiger partial charge in [-0.3, -0.25) is 5.10 Å². The minimum atomic E-state index is -3.12. The second kappa shape index (κ2) is 4.34. The number of anilines is 1. The van der Waals surface area contributed by atoms with Crippen molar-refractivity contribution in [3.05, 3.63) is 23.4 Å². The van der Waals surface area contributed by atoms with E-state index in [-0.39, 0.29) is 12.1 Å². The third-order valence-electron chi connectivity index (χ3n) is 4.43. The molecule has 112 valence electrons. The van der Waals surface area contributed by atoms with Crippen molar-refractivity contribution in [2.75, 3.05) is 24.2 Å². The van der Waals surface area contributed by atoms with E-state index in [9.17, 15) is 8.42 Å². The Kier molecular flexibility index (Phi) is 2.76. The number of hydrogen-bond donors (Lipinski definition) is 1. The molecule has 0 amide bonds. The van der Waals surface area contributed by atoms with Crippen LogP contribution in [0.3, 0.4) is 0 Å². The fourth-order valence-corrected chi connectivity index (χ4v) is 4.92. The number of H-pyrrole nitrogens is 1. The van der Waals surface area contributed by atoms with Crippen LogP contribution in [0.4, 0.5) is 5.69 Å². The van der Waals surface area contributed by atoms with Crippen LogP contribution in [0.2, 0.25) is 5.02 Å². The molecule has 2 unspecified atom stereocenters. The molecule has 2 saturated heterocycles. The minimum Gasteiger partial charge on any atom is -0.365 e. The topological polar surface area (TPSA) is 69.3 Å². The first-order chi connectivity index (χ1) is 9.93. The molecule has 2 bridgehead atoms. The maximum absolute atomic E-state index is 11.8. The number of aromatic amines is 1. The summed E-state index contributed by atoms with van der Waals surface area (Å²) >= 11 is 6.18. The molecule has 1 aromatic carbocycles. The summed E-state index contributed by atoms with van der Waals surface area (Å²) in [4.78, 5) is 2.26. The number of benzene rings is 1. The quantitative estimate of drug-likeness (QED) is 0.906. The van der Waals surface area contributed by atoms with E-state index in [1.54, 1.807) is 10.5 Å². The third kappa shape index (κ3) is 2.03. The maximum Gasteiger partial charge on any atom is 0.211 e. The summed E-state index contributed by atoms with van der Waals surface area (Å²) in [6.45, 7) is 1.26. The minimum absolute atomic E-state index is 0.0610. The van der Waals surface area contributed by atoms with Gasteiger partial charge < -0.3 is 4.90 Å². The molecule has 2 fully saturated rings.